The maximum Gasteiger partial charge on any atom is 0.426 e. The molecule has 0 aliphatic heterocycles. The summed E-state index contributed by atoms with van der Waals surface area (Å²) < 4.78 is 19.7. The average molecular weight is 588 g/mol. The van der Waals surface area contributed by atoms with Crippen LogP contribution in [0.15, 0.2) is 96.2 Å². The molecule has 0 radical (unpaired) electrons. The third-order valence-corrected chi connectivity index (χ3v) is 6.73. The zero-order valence-electron chi connectivity index (χ0n) is 24.1. The first-order valence-electron chi connectivity index (χ1n) is 13.4. The molecule has 10 heteroatoms. The number of hydrogen-bond acceptors (Lipinski definition) is 7. The van der Waals surface area contributed by atoms with Crippen LogP contribution in [0.25, 0.3) is 0 Å². The molecule has 0 saturated carbocycles. The van der Waals surface area contributed by atoms with Gasteiger partial charge in [-0.25, -0.2) is 19.8 Å². The highest BCUT2D eigenvalue weighted by atomic mass is 32.2. The lowest BCUT2D eigenvalue weighted by atomic mass is 10.2. The molecule has 0 atom stereocenters. The van der Waals surface area contributed by atoms with Crippen molar-refractivity contribution in [1.29, 1.82) is 0 Å². The van der Waals surface area contributed by atoms with Crippen LogP contribution in [0, 0.1) is 0 Å². The molecule has 2 amide bonds. The summed E-state index contributed by atoms with van der Waals surface area (Å²) in [6.07, 6.45) is 3.14. The Morgan fingerprint density at radius 2 is 1.45 bits per heavy atom. The van der Waals surface area contributed by atoms with E-state index in [1.165, 1.54) is 6.07 Å². The molecule has 42 heavy (non-hydrogen) atoms. The number of rotatable bonds is 10. The quantitative estimate of drug-likeness (QED) is 0.143. The summed E-state index contributed by atoms with van der Waals surface area (Å²) in [6, 6.07) is 25.0. The van der Waals surface area contributed by atoms with Gasteiger partial charge in [0, 0.05) is 28.8 Å². The number of carbonyl (C=O) groups is 2. The summed E-state index contributed by atoms with van der Waals surface area (Å²) >= 11 is 1.55. The van der Waals surface area contributed by atoms with Gasteiger partial charge in [0.2, 0.25) is 0 Å². The van der Waals surface area contributed by atoms with Gasteiger partial charge in [-0.3, -0.25) is 10.2 Å². The highest BCUT2D eigenvalue weighted by molar-refractivity contribution is 7.98. The van der Waals surface area contributed by atoms with Crippen LogP contribution in [0.5, 0.6) is 11.5 Å². The Labute approximate surface area is 250 Å². The van der Waals surface area contributed by atoms with Gasteiger partial charge in [-0.1, -0.05) is 60.7 Å². The van der Waals surface area contributed by atoms with E-state index in [0.717, 1.165) is 16.0 Å². The van der Waals surface area contributed by atoms with Crippen LogP contribution in [0.4, 0.5) is 4.79 Å². The van der Waals surface area contributed by atoms with Crippen molar-refractivity contribution in [2.45, 2.75) is 50.2 Å². The topological polar surface area (TPSA) is 103 Å². The second-order valence-electron chi connectivity index (χ2n) is 10.4. The van der Waals surface area contributed by atoms with Crippen molar-refractivity contribution in [3.05, 3.63) is 114 Å². The van der Waals surface area contributed by atoms with Gasteiger partial charge < -0.3 is 14.2 Å². The van der Waals surface area contributed by atoms with E-state index < -0.39 is 17.6 Å². The Balaban J connectivity index is 1.65. The molecule has 0 spiro atoms. The summed E-state index contributed by atoms with van der Waals surface area (Å²) in [4.78, 5) is 30.9. The Bertz CT molecular complexity index is 1480. The third-order valence-electron chi connectivity index (χ3n) is 5.71. The standard InChI is InChI=1S/C32H34N4O5S/c1-32(2,3)41-31(38)35-34-30(37)26-19-28(39-20-23-11-7-5-8-12-23)29(40-21-24-13-9-6-10-14-24)27(33-26)22-42-25-15-17-36(4)18-16-25/h5-19H,20-22H2,1-4H3,(H-,33,34,35,37,38)/p+1. The van der Waals surface area contributed by atoms with E-state index in [2.05, 4.69) is 15.8 Å². The molecule has 0 aliphatic rings. The Morgan fingerprint density at radius 1 is 0.857 bits per heavy atom. The number of amides is 2. The van der Waals surface area contributed by atoms with Gasteiger partial charge in [0.25, 0.3) is 5.91 Å². The molecule has 218 valence electrons. The third kappa shape index (κ3) is 9.52. The molecule has 0 aliphatic carbocycles. The fraction of sp³-hybridized carbons (Fsp3) is 0.250. The number of nitrogens with zero attached hydrogens (tertiary/aromatic N) is 2. The summed E-state index contributed by atoms with van der Waals surface area (Å²) in [6.45, 7) is 5.74. The van der Waals surface area contributed by atoms with Crippen LogP contribution in [-0.4, -0.2) is 22.6 Å². The van der Waals surface area contributed by atoms with Gasteiger partial charge in [-0.15, -0.1) is 11.8 Å². The maximum absolute atomic E-state index is 13.1. The molecule has 0 unspecified atom stereocenters. The number of hydrogen-bond donors (Lipinski definition) is 2. The van der Waals surface area contributed by atoms with E-state index in [-0.39, 0.29) is 18.9 Å². The normalized spacial score (nSPS) is 11.0. The van der Waals surface area contributed by atoms with Crippen molar-refractivity contribution >= 4 is 23.8 Å². The molecular formula is C32H35N4O5S+. The highest BCUT2D eigenvalue weighted by Crippen LogP contribution is 2.36. The number of benzene rings is 2. The lowest BCUT2D eigenvalue weighted by Crippen LogP contribution is -2.44. The van der Waals surface area contributed by atoms with Crippen LogP contribution in [0.2, 0.25) is 0 Å². The first-order chi connectivity index (χ1) is 20.2. The van der Waals surface area contributed by atoms with Crippen LogP contribution < -0.4 is 24.9 Å². The summed E-state index contributed by atoms with van der Waals surface area (Å²) in [5, 5.41) is 0. The number of hydrazine groups is 1. The van der Waals surface area contributed by atoms with Crippen LogP contribution in [0.1, 0.15) is 48.1 Å². The molecule has 2 aromatic heterocycles. The van der Waals surface area contributed by atoms with Gasteiger partial charge in [-0.05, 0) is 31.9 Å². The fourth-order valence-electron chi connectivity index (χ4n) is 3.71. The summed E-state index contributed by atoms with van der Waals surface area (Å²) in [7, 11) is 1.95. The zero-order valence-corrected chi connectivity index (χ0v) is 24.9. The second-order valence-corrected chi connectivity index (χ2v) is 11.4. The Morgan fingerprint density at radius 3 is 2.05 bits per heavy atom. The van der Waals surface area contributed by atoms with E-state index in [4.69, 9.17) is 14.2 Å². The number of carbonyl (C=O) groups excluding carboxylic acids is 2. The van der Waals surface area contributed by atoms with Gasteiger partial charge >= 0.3 is 6.09 Å². The Kier molecular flexibility index (Phi) is 10.4. The zero-order chi connectivity index (χ0) is 30.0. The van der Waals surface area contributed by atoms with Gasteiger partial charge in [0.15, 0.2) is 23.9 Å². The van der Waals surface area contributed by atoms with Crippen molar-refractivity contribution in [2.24, 2.45) is 7.05 Å². The molecule has 2 aromatic carbocycles. The minimum absolute atomic E-state index is 0.0521. The molecule has 9 nitrogen and oxygen atoms in total. The minimum Gasteiger partial charge on any atom is -0.485 e. The van der Waals surface area contributed by atoms with E-state index in [9.17, 15) is 9.59 Å². The van der Waals surface area contributed by atoms with Crippen molar-refractivity contribution in [2.75, 3.05) is 0 Å². The van der Waals surface area contributed by atoms with E-state index >= 15 is 0 Å². The smallest absolute Gasteiger partial charge is 0.426 e. The molecule has 0 fully saturated rings. The first-order valence-corrected chi connectivity index (χ1v) is 14.4. The molecule has 0 saturated heterocycles. The molecule has 2 heterocycles. The van der Waals surface area contributed by atoms with Gasteiger partial charge in [0.05, 0.1) is 5.69 Å². The number of aromatic nitrogens is 2. The Hall–Kier alpha value is -4.57. The van der Waals surface area contributed by atoms with E-state index in [1.54, 1.807) is 32.5 Å². The van der Waals surface area contributed by atoms with Crippen LogP contribution in [-0.2, 0) is 30.8 Å². The van der Waals surface area contributed by atoms with Crippen molar-refractivity contribution < 1.29 is 28.4 Å². The molecule has 4 aromatic rings. The van der Waals surface area contributed by atoms with Crippen LogP contribution in [0.3, 0.4) is 0 Å². The van der Waals surface area contributed by atoms with Crippen molar-refractivity contribution in [1.82, 2.24) is 15.8 Å². The monoisotopic (exact) mass is 587 g/mol. The number of thioether (sulfide) groups is 1. The van der Waals surface area contributed by atoms with E-state index in [0.29, 0.717) is 22.9 Å². The highest BCUT2D eigenvalue weighted by Gasteiger charge is 2.22. The van der Waals surface area contributed by atoms with Crippen LogP contribution >= 0.6 is 11.8 Å². The molecule has 2 N–H and O–H groups in total. The number of aryl methyl sites for hydroxylation is 1. The molecular weight excluding hydrogens is 552 g/mol. The average Bonchev–Trinajstić information content (AvgIpc) is 2.97. The first kappa shape index (κ1) is 30.4. The van der Waals surface area contributed by atoms with Gasteiger partial charge in [-0.2, -0.15) is 0 Å². The number of ether oxygens (including phenoxy) is 3. The number of nitrogens with one attached hydrogen (secondary N) is 2. The molecule has 0 bridgehead atoms. The lowest BCUT2D eigenvalue weighted by Gasteiger charge is -2.20. The van der Waals surface area contributed by atoms with Crippen molar-refractivity contribution in [3.8, 4) is 11.5 Å². The maximum atomic E-state index is 13.1. The minimum atomic E-state index is -0.785. The predicted molar refractivity (Wildman–Crippen MR) is 160 cm³/mol. The largest absolute Gasteiger partial charge is 0.485 e. The van der Waals surface area contributed by atoms with Crippen molar-refractivity contribution in [3.63, 3.8) is 0 Å². The summed E-state index contributed by atoms with van der Waals surface area (Å²) in [5.74, 6) is 0.584. The van der Waals surface area contributed by atoms with E-state index in [1.807, 2.05) is 96.8 Å². The number of pyridine rings is 2. The molecule has 4 rings (SSSR count). The second kappa shape index (κ2) is 14.4. The predicted octanol–water partition coefficient (Wildman–Crippen LogP) is 5.53. The lowest BCUT2D eigenvalue weighted by molar-refractivity contribution is -0.671. The summed E-state index contributed by atoms with van der Waals surface area (Å²) in [5.41, 5.74) is 6.44. The fourth-order valence-corrected chi connectivity index (χ4v) is 4.53. The SMILES string of the molecule is C[n+]1ccc(SCc2nc(C(=O)NNC(=O)OC(C)(C)C)cc(OCc3ccccc3)c2OCc2ccccc2)cc1. The van der Waals surface area contributed by atoms with Gasteiger partial charge in [0.1, 0.15) is 31.6 Å².